The van der Waals surface area contributed by atoms with Gasteiger partial charge in [-0.2, -0.15) is 0 Å². The van der Waals surface area contributed by atoms with Gasteiger partial charge in [0.05, 0.1) is 5.69 Å². The summed E-state index contributed by atoms with van der Waals surface area (Å²) in [5, 5.41) is 10.8. The van der Waals surface area contributed by atoms with Gasteiger partial charge in [-0.3, -0.25) is 4.99 Å². The number of aliphatic imine (C=N–C) groups is 1. The first kappa shape index (κ1) is 64.3. The zero-order chi connectivity index (χ0) is 65.6. The molecule has 0 heterocycles. The number of aryl methyl sites for hydroxylation is 5. The molecule has 0 saturated heterocycles. The van der Waals surface area contributed by atoms with Gasteiger partial charge in [-0.25, -0.2) is 0 Å². The van der Waals surface area contributed by atoms with Crippen LogP contribution < -0.4 is 61.7 Å². The molecule has 0 radical (unpaired) electrons. The van der Waals surface area contributed by atoms with E-state index in [9.17, 15) is 0 Å². The number of rotatable bonds is 24. The van der Waals surface area contributed by atoms with Crippen LogP contribution in [0.4, 0.5) is 17.1 Å². The molecule has 5 atom stereocenters. The van der Waals surface area contributed by atoms with Crippen LogP contribution in [0.5, 0.6) is 11.5 Å². The molecule has 0 aliphatic heterocycles. The van der Waals surface area contributed by atoms with Crippen molar-refractivity contribution >= 4 is 80.7 Å². The third-order valence-corrected chi connectivity index (χ3v) is 29.8. The number of anilines is 2. The van der Waals surface area contributed by atoms with Crippen molar-refractivity contribution in [2.45, 2.75) is 85.0 Å². The molecule has 0 spiro atoms. The monoisotopic (exact) mass is 1280 g/mol. The molecule has 5 nitrogen and oxygen atoms in total. The maximum atomic E-state index is 7.64. The third-order valence-electron chi connectivity index (χ3n) is 20.2. The summed E-state index contributed by atoms with van der Waals surface area (Å²) in [5.41, 5.74) is 14.3. The van der Waals surface area contributed by atoms with Gasteiger partial charge < -0.3 is 0 Å². The summed E-state index contributed by atoms with van der Waals surface area (Å²) in [6.07, 6.45) is 11.0. The molecule has 2 aliphatic rings. The molecule has 11 aromatic carbocycles. The number of hydrogen-bond acceptors (Lipinski definition) is 5. The van der Waals surface area contributed by atoms with E-state index in [4.69, 9.17) is 9.47 Å². The van der Waals surface area contributed by atoms with E-state index >= 15 is 0 Å². The van der Waals surface area contributed by atoms with Gasteiger partial charge in [0.25, 0.3) is 0 Å². The minimum atomic E-state index is -2.80. The average molecular weight is 1280 g/mol. The fraction of sp³-hybridized carbons (Fsp3) is 0.193. The van der Waals surface area contributed by atoms with Crippen LogP contribution in [0.2, 0.25) is 0 Å². The van der Waals surface area contributed by atoms with Crippen LogP contribution in [-0.2, 0) is 6.61 Å². The molecule has 0 amide bonds. The molecule has 7 heteroatoms. The van der Waals surface area contributed by atoms with Crippen molar-refractivity contribution in [3.8, 4) is 11.5 Å². The fourth-order valence-electron chi connectivity index (χ4n) is 16.2. The average Bonchev–Trinajstić information content (AvgIpc) is 0.892. The van der Waals surface area contributed by atoms with Gasteiger partial charge in [0.15, 0.2) is 0 Å². The second-order valence-electron chi connectivity index (χ2n) is 26.7. The van der Waals surface area contributed by atoms with Crippen molar-refractivity contribution in [2.24, 2.45) is 10.9 Å². The normalized spacial score (nSPS) is 15.4. The van der Waals surface area contributed by atoms with E-state index in [0.717, 1.165) is 53.4 Å². The zero-order valence-corrected chi connectivity index (χ0v) is 58.3. The quantitative estimate of drug-likeness (QED) is 0.0343. The van der Waals surface area contributed by atoms with Crippen LogP contribution >= 0.6 is 14.5 Å². The van der Waals surface area contributed by atoms with Crippen LogP contribution in [0.15, 0.2) is 296 Å². The molecule has 0 aromatic heterocycles. The fourth-order valence-corrected chi connectivity index (χ4v) is 25.7. The number of allylic oxidation sites excluding steroid dienone is 3. The molecule has 5 unspecified atom stereocenters. The van der Waals surface area contributed by atoms with Crippen LogP contribution in [0.25, 0.3) is 0 Å². The van der Waals surface area contributed by atoms with Gasteiger partial charge in [0.2, 0.25) is 0 Å². The zero-order valence-electron chi connectivity index (χ0n) is 56.3. The number of likely N-dealkylation sites (N-methyl/N-ethyl adjacent to an activating group) is 2. The number of hydrogen-bond donors (Lipinski definition) is 0. The first-order chi connectivity index (χ1) is 46.3. The maximum absolute atomic E-state index is 7.64. The summed E-state index contributed by atoms with van der Waals surface area (Å²) in [7, 11) is -0.976. The van der Waals surface area contributed by atoms with Gasteiger partial charge in [-0.15, -0.1) is 0 Å². The molecular weight excluding hydrogens is 1190 g/mol. The Morgan fingerprint density at radius 1 is 0.474 bits per heavy atom. The number of ether oxygens (including phenoxy) is 2. The second-order valence-corrected chi connectivity index (χ2v) is 34.3. The Morgan fingerprint density at radius 3 is 1.31 bits per heavy atom. The molecule has 0 N–H and O–H groups in total. The molecule has 2 bridgehead atoms. The molecule has 13 rings (SSSR count). The van der Waals surface area contributed by atoms with Gasteiger partial charge in [0, 0.05) is 12.7 Å². The Bertz CT molecular complexity index is 4290. The Balaban J connectivity index is 0.858. The van der Waals surface area contributed by atoms with E-state index in [-0.39, 0.29) is 23.8 Å². The van der Waals surface area contributed by atoms with Gasteiger partial charge in [0.1, 0.15) is 0 Å². The summed E-state index contributed by atoms with van der Waals surface area (Å²) < 4.78 is 14.7. The predicted octanol–water partition coefficient (Wildman–Crippen LogP) is 17.3. The summed E-state index contributed by atoms with van der Waals surface area (Å²) in [6.45, 7) is 18.7. The van der Waals surface area contributed by atoms with Gasteiger partial charge in [-0.05, 0) is 69.7 Å². The molecule has 0 fully saturated rings. The minimum Gasteiger partial charge on any atom is -0.0543 e. The van der Waals surface area contributed by atoms with Gasteiger partial charge >= 0.3 is 452 Å². The molecule has 95 heavy (non-hydrogen) atoms. The van der Waals surface area contributed by atoms with E-state index < -0.39 is 20.6 Å². The molecule has 478 valence electrons. The number of benzene rings is 11. The molecular formula is C88H89N3O2P2. The van der Waals surface area contributed by atoms with E-state index in [1.54, 1.807) is 0 Å². The third kappa shape index (κ3) is 12.8. The van der Waals surface area contributed by atoms with Crippen molar-refractivity contribution in [2.75, 3.05) is 30.4 Å². The number of nitrogens with zero attached hydrogens (tertiary/aromatic N) is 3. The number of fused-ring (bicyclic) bond motifs is 5. The van der Waals surface area contributed by atoms with Crippen molar-refractivity contribution in [3.05, 3.63) is 341 Å². The smallest absolute Gasteiger partial charge is 0.0543 e. The first-order valence-electron chi connectivity index (χ1n) is 33.8. The molecule has 0 saturated carbocycles. The van der Waals surface area contributed by atoms with Crippen LogP contribution in [-0.4, -0.2) is 33.4 Å². The topological polar surface area (TPSA) is 37.3 Å². The second kappa shape index (κ2) is 28.3. The molecule has 2 aliphatic carbocycles. The summed E-state index contributed by atoms with van der Waals surface area (Å²) >= 11 is 0. The Kier molecular flexibility index (Phi) is 19.2. The van der Waals surface area contributed by atoms with E-state index in [2.05, 4.69) is 368 Å². The standard InChI is InChI=1S/C88H89N3O2P2/c1-62(57-72(60-90(8)87-65(4)54-63(2)55-66(87)5)91(9)88-67(6)56-64(3)58-81(88)89-7)40-51-82(69-45-49-80(50-46-69)95(76-34-22-13-23-35-76,77-36-24-14-25-37-77)78-38-26-15-27-39-78)93-84-53-52-83(85-70-43-44-71(59-70)86(84)85)92-61-68-41-47-79(48-42-68)94(73-28-16-10-17-29-73,74-30-18-11-19-31-74)75-32-20-12-21-33-75/h10-56,58,62,70-72,82,94-95H,7,57,59-61H2,1-6,8-9H3/b51-40+. The van der Waals surface area contributed by atoms with Crippen LogP contribution in [0.1, 0.15) is 87.8 Å². The Labute approximate surface area is 565 Å². The van der Waals surface area contributed by atoms with Crippen molar-refractivity contribution in [1.82, 2.24) is 0 Å². The van der Waals surface area contributed by atoms with Crippen LogP contribution in [0, 0.1) is 40.5 Å². The Morgan fingerprint density at radius 2 is 0.863 bits per heavy atom. The minimum absolute atomic E-state index is 0.108. The van der Waals surface area contributed by atoms with Crippen molar-refractivity contribution < 1.29 is 9.47 Å². The van der Waals surface area contributed by atoms with E-state index in [0.29, 0.717) is 6.61 Å². The first-order valence-corrected chi connectivity index (χ1v) is 37.8. The summed E-state index contributed by atoms with van der Waals surface area (Å²) in [5.74, 6) is 2.48. The molecule has 11 aromatic rings. The van der Waals surface area contributed by atoms with E-state index in [1.807, 2.05) is 0 Å². The summed E-state index contributed by atoms with van der Waals surface area (Å²) in [4.78, 5) is 9.55. The van der Waals surface area contributed by atoms with E-state index in [1.165, 1.54) is 87.1 Å². The summed E-state index contributed by atoms with van der Waals surface area (Å²) in [6, 6.07) is 99.2. The van der Waals surface area contributed by atoms with Crippen molar-refractivity contribution in [1.29, 1.82) is 0 Å². The van der Waals surface area contributed by atoms with Crippen molar-refractivity contribution in [3.63, 3.8) is 0 Å². The Hall–Kier alpha value is -9.37. The van der Waals surface area contributed by atoms with Gasteiger partial charge in [-0.1, -0.05) is 23.8 Å². The van der Waals surface area contributed by atoms with Crippen LogP contribution in [0.3, 0.4) is 0 Å². The SMILES string of the molecule is C=Nc1cc(C)cc(C)c1N(C)C(CC(C)/C=C/C(Oc1ccc(OCc2ccc([PH](c3ccccc3)(c3ccccc3)c3ccccc3)cc2)c2c1C1C=CC2C1)c1ccc([PH](c2ccccc2)(c2ccccc2)c2ccccc2)cc1)CN(C)c1c(C)cc(C)cc1C. The predicted molar refractivity (Wildman–Crippen MR) is 413 cm³/mol.